The molecule has 4 aromatic rings. The lowest BCUT2D eigenvalue weighted by Crippen LogP contribution is -2.39. The Labute approximate surface area is 254 Å². The summed E-state index contributed by atoms with van der Waals surface area (Å²) in [6, 6.07) is 12.3. The molecule has 0 saturated heterocycles. The fourth-order valence-electron chi connectivity index (χ4n) is 4.62. The van der Waals surface area contributed by atoms with E-state index in [1.54, 1.807) is 56.6 Å². The lowest BCUT2D eigenvalue weighted by atomic mass is 10.1. The Morgan fingerprint density at radius 2 is 1.67 bits per heavy atom. The molecule has 11 nitrogen and oxygen atoms in total. The molecule has 1 aliphatic rings. The Kier molecular flexibility index (Phi) is 8.61. The number of urea groups is 1. The summed E-state index contributed by atoms with van der Waals surface area (Å²) in [4.78, 5) is 14.0. The highest BCUT2D eigenvalue weighted by Gasteiger charge is 2.31. The van der Waals surface area contributed by atoms with Crippen LogP contribution < -0.4 is 40.4 Å². The maximum Gasteiger partial charge on any atom is 0.416 e. The number of furan rings is 1. The number of amides is 2. The zero-order chi connectivity index (χ0) is 32.3. The van der Waals surface area contributed by atoms with Crippen LogP contribution >= 0.6 is 0 Å². The van der Waals surface area contributed by atoms with E-state index in [4.69, 9.17) is 24.0 Å². The van der Waals surface area contributed by atoms with Gasteiger partial charge in [-0.05, 0) is 42.5 Å². The molecule has 2 heterocycles. The Balaban J connectivity index is 1.23. The van der Waals surface area contributed by atoms with Gasteiger partial charge in [0.1, 0.15) is 28.9 Å². The lowest BCUT2D eigenvalue weighted by Gasteiger charge is -2.29. The summed E-state index contributed by atoms with van der Waals surface area (Å²) in [6.45, 7) is 0.503. The number of rotatable bonds is 9. The fourth-order valence-corrected chi connectivity index (χ4v) is 4.62. The van der Waals surface area contributed by atoms with Crippen molar-refractivity contribution < 1.29 is 41.0 Å². The summed E-state index contributed by atoms with van der Waals surface area (Å²) in [7, 11) is 4.64. The number of anilines is 5. The Morgan fingerprint density at radius 3 is 2.29 bits per heavy atom. The first kappa shape index (κ1) is 30.8. The fraction of sp³-hybridized carbons (Fsp3) is 0.200. The van der Waals surface area contributed by atoms with Crippen molar-refractivity contribution in [1.82, 2.24) is 0 Å². The number of benzene rings is 3. The van der Waals surface area contributed by atoms with E-state index in [9.17, 15) is 22.4 Å². The second-order valence-corrected chi connectivity index (χ2v) is 9.65. The number of carbonyl (C=O) groups is 1. The largest absolute Gasteiger partial charge is 0.496 e. The molecule has 236 valence electrons. The summed E-state index contributed by atoms with van der Waals surface area (Å²) >= 11 is 0. The molecule has 45 heavy (non-hydrogen) atoms. The minimum atomic E-state index is -4.69. The van der Waals surface area contributed by atoms with Gasteiger partial charge in [0.15, 0.2) is 5.88 Å². The number of nitrogens with one attached hydrogen (secondary N) is 5. The number of amidine groups is 1. The van der Waals surface area contributed by atoms with Gasteiger partial charge in [-0.3, -0.25) is 5.41 Å². The minimum absolute atomic E-state index is 0.152. The minimum Gasteiger partial charge on any atom is -0.496 e. The van der Waals surface area contributed by atoms with Gasteiger partial charge in [0.05, 0.1) is 56.9 Å². The van der Waals surface area contributed by atoms with Crippen LogP contribution in [0.3, 0.4) is 0 Å². The van der Waals surface area contributed by atoms with Crippen LogP contribution in [0.4, 0.5) is 51.2 Å². The van der Waals surface area contributed by atoms with Crippen LogP contribution in [-0.4, -0.2) is 39.9 Å². The SMILES string of the molecule is COc1cc(OC)c(CNc2cc3c(o2)NCN(c2ccc(NC(=O)Nc4cc(C(F)(F)F)ccc4F)cc2)C3=N)c(OC)c1. The summed E-state index contributed by atoms with van der Waals surface area (Å²) < 4.78 is 75.1. The summed E-state index contributed by atoms with van der Waals surface area (Å²) in [5.41, 5.74) is 0.432. The summed E-state index contributed by atoms with van der Waals surface area (Å²) in [5, 5.41) is 19.6. The number of hydrogen-bond donors (Lipinski definition) is 5. The quantitative estimate of drug-likeness (QED) is 0.126. The van der Waals surface area contributed by atoms with Crippen LogP contribution in [0.2, 0.25) is 0 Å². The molecule has 1 aromatic heterocycles. The van der Waals surface area contributed by atoms with Crippen molar-refractivity contribution in [3.63, 3.8) is 0 Å². The molecule has 0 fully saturated rings. The molecule has 0 radical (unpaired) electrons. The van der Waals surface area contributed by atoms with Gasteiger partial charge in [-0.1, -0.05) is 0 Å². The lowest BCUT2D eigenvalue weighted by molar-refractivity contribution is -0.137. The van der Waals surface area contributed by atoms with E-state index in [0.29, 0.717) is 70.7 Å². The van der Waals surface area contributed by atoms with Crippen molar-refractivity contribution in [1.29, 1.82) is 5.41 Å². The molecule has 1 aliphatic heterocycles. The van der Waals surface area contributed by atoms with Crippen molar-refractivity contribution in [3.8, 4) is 17.2 Å². The molecule has 3 aromatic carbocycles. The molecule has 5 N–H and O–H groups in total. The van der Waals surface area contributed by atoms with E-state index in [-0.39, 0.29) is 12.5 Å². The monoisotopic (exact) mass is 628 g/mol. The molecule has 2 amide bonds. The van der Waals surface area contributed by atoms with E-state index in [1.165, 1.54) is 12.1 Å². The number of nitrogens with zero attached hydrogens (tertiary/aromatic N) is 1. The molecule has 0 saturated carbocycles. The van der Waals surface area contributed by atoms with Gasteiger partial charge < -0.3 is 44.8 Å². The second kappa shape index (κ2) is 12.6. The summed E-state index contributed by atoms with van der Waals surface area (Å²) in [5.74, 6) is 1.65. The highest BCUT2D eigenvalue weighted by molar-refractivity contribution is 6.13. The molecule has 0 spiro atoms. The average molecular weight is 629 g/mol. The first-order valence-electron chi connectivity index (χ1n) is 13.3. The highest BCUT2D eigenvalue weighted by atomic mass is 19.4. The third-order valence-corrected chi connectivity index (χ3v) is 6.89. The summed E-state index contributed by atoms with van der Waals surface area (Å²) in [6.07, 6.45) is -4.69. The molecule has 15 heteroatoms. The van der Waals surface area contributed by atoms with Gasteiger partial charge >= 0.3 is 12.2 Å². The predicted octanol–water partition coefficient (Wildman–Crippen LogP) is 6.93. The van der Waals surface area contributed by atoms with Crippen LogP contribution in [0.1, 0.15) is 16.7 Å². The smallest absolute Gasteiger partial charge is 0.416 e. The third-order valence-electron chi connectivity index (χ3n) is 6.89. The topological polar surface area (TPSA) is 133 Å². The molecule has 0 unspecified atom stereocenters. The van der Waals surface area contributed by atoms with E-state index in [2.05, 4.69) is 21.3 Å². The van der Waals surface area contributed by atoms with E-state index in [1.807, 2.05) is 0 Å². The van der Waals surface area contributed by atoms with Crippen LogP contribution in [0.15, 0.2) is 65.1 Å². The number of ether oxygens (including phenoxy) is 3. The number of halogens is 4. The third kappa shape index (κ3) is 6.66. The van der Waals surface area contributed by atoms with Crippen LogP contribution in [-0.2, 0) is 12.7 Å². The van der Waals surface area contributed by atoms with E-state index >= 15 is 0 Å². The maximum atomic E-state index is 14.0. The standard InChI is InChI=1S/C30H28F4N6O5/c1-42-19-11-24(43-2)21(25(12-19)44-3)14-36-26-13-20-27(35)40(15-37-28(20)45-26)18-7-5-17(6-8-18)38-29(41)39-23-10-16(30(32,33)34)4-9-22(23)31/h4-13,35-37H,14-15H2,1-3H3,(H2,38,39,41). The number of alkyl halides is 3. The molecule has 0 atom stereocenters. The normalized spacial score (nSPS) is 12.6. The second-order valence-electron chi connectivity index (χ2n) is 9.65. The van der Waals surface area contributed by atoms with Gasteiger partial charge in [0.25, 0.3) is 0 Å². The Bertz CT molecular complexity index is 1700. The number of fused-ring (bicyclic) bond motifs is 1. The predicted molar refractivity (Wildman–Crippen MR) is 160 cm³/mol. The van der Waals surface area contributed by atoms with Crippen LogP contribution in [0, 0.1) is 11.2 Å². The number of hydrogen-bond acceptors (Lipinski definition) is 8. The van der Waals surface area contributed by atoms with Crippen LogP contribution in [0.25, 0.3) is 0 Å². The van der Waals surface area contributed by atoms with E-state index < -0.39 is 29.3 Å². The van der Waals surface area contributed by atoms with Gasteiger partial charge in [-0.2, -0.15) is 13.2 Å². The number of carbonyl (C=O) groups excluding carboxylic acids is 1. The van der Waals surface area contributed by atoms with Crippen molar-refractivity contribution in [2.45, 2.75) is 12.7 Å². The zero-order valence-electron chi connectivity index (χ0n) is 24.2. The van der Waals surface area contributed by atoms with Crippen LogP contribution in [0.5, 0.6) is 17.2 Å². The first-order chi connectivity index (χ1) is 21.5. The van der Waals surface area contributed by atoms with Crippen molar-refractivity contribution in [2.75, 3.05) is 54.2 Å². The van der Waals surface area contributed by atoms with Gasteiger partial charge in [-0.15, -0.1) is 0 Å². The van der Waals surface area contributed by atoms with Crippen molar-refractivity contribution >= 4 is 40.7 Å². The molecule has 5 rings (SSSR count). The maximum absolute atomic E-state index is 14.0. The van der Waals surface area contributed by atoms with Gasteiger partial charge in [-0.25, -0.2) is 9.18 Å². The highest BCUT2D eigenvalue weighted by Crippen LogP contribution is 2.37. The van der Waals surface area contributed by atoms with Crippen molar-refractivity contribution in [2.24, 2.45) is 0 Å². The number of methoxy groups -OCH3 is 3. The molecule has 0 aliphatic carbocycles. The van der Waals surface area contributed by atoms with Gasteiger partial charge in [0, 0.05) is 29.6 Å². The molecular weight excluding hydrogens is 600 g/mol. The molecular formula is C30H28F4N6O5. The average Bonchev–Trinajstić information content (AvgIpc) is 3.45. The Morgan fingerprint density at radius 1 is 0.978 bits per heavy atom. The van der Waals surface area contributed by atoms with E-state index in [0.717, 1.165) is 5.56 Å². The van der Waals surface area contributed by atoms with Crippen molar-refractivity contribution in [3.05, 3.63) is 83.2 Å². The van der Waals surface area contributed by atoms with Gasteiger partial charge in [0.2, 0.25) is 5.88 Å². The first-order valence-corrected chi connectivity index (χ1v) is 13.3. The Hall–Kier alpha value is -5.60. The molecule has 0 bridgehead atoms. The zero-order valence-corrected chi connectivity index (χ0v) is 24.2.